The summed E-state index contributed by atoms with van der Waals surface area (Å²) < 4.78 is 1.17. The van der Waals surface area contributed by atoms with Crippen molar-refractivity contribution < 1.29 is 0 Å². The smallest absolute Gasteiger partial charge is 0.0423 e. The molecule has 1 N–H and O–H groups in total. The van der Waals surface area contributed by atoms with Gasteiger partial charge < -0.3 is 10.2 Å². The van der Waals surface area contributed by atoms with Crippen molar-refractivity contribution in [3.8, 4) is 0 Å². The molecule has 0 saturated heterocycles. The zero-order chi connectivity index (χ0) is 15.2. The molecule has 118 valence electrons. The van der Waals surface area contributed by atoms with E-state index in [0.29, 0.717) is 6.04 Å². The topological polar surface area (TPSA) is 15.3 Å². The van der Waals surface area contributed by atoms with Gasteiger partial charge in [-0.25, -0.2) is 0 Å². The summed E-state index contributed by atoms with van der Waals surface area (Å²) in [5.41, 5.74) is 2.79. The van der Waals surface area contributed by atoms with Crippen LogP contribution in [0.25, 0.3) is 0 Å². The summed E-state index contributed by atoms with van der Waals surface area (Å²) in [4.78, 5) is 2.51. The molecule has 0 aliphatic heterocycles. The molecule has 2 rings (SSSR count). The lowest BCUT2D eigenvalue weighted by atomic mass is 9.86. The van der Waals surface area contributed by atoms with E-state index >= 15 is 0 Å². The van der Waals surface area contributed by atoms with Crippen molar-refractivity contribution in [1.29, 1.82) is 0 Å². The van der Waals surface area contributed by atoms with Crippen LogP contribution in [0.5, 0.6) is 0 Å². The van der Waals surface area contributed by atoms with E-state index in [2.05, 4.69) is 65.2 Å². The molecule has 0 amide bonds. The molecule has 0 heterocycles. The lowest BCUT2D eigenvalue weighted by Crippen LogP contribution is -2.35. The van der Waals surface area contributed by atoms with E-state index in [4.69, 9.17) is 0 Å². The molecular formula is C18H29BrN2. The first kappa shape index (κ1) is 16.8. The monoisotopic (exact) mass is 352 g/mol. The van der Waals surface area contributed by atoms with E-state index in [-0.39, 0.29) is 0 Å². The number of nitrogens with one attached hydrogen (secondary N) is 1. The highest BCUT2D eigenvalue weighted by Gasteiger charge is 2.23. The second-order valence-electron chi connectivity index (χ2n) is 6.47. The Morgan fingerprint density at radius 2 is 1.95 bits per heavy atom. The van der Waals surface area contributed by atoms with Gasteiger partial charge in [0.05, 0.1) is 0 Å². The summed E-state index contributed by atoms with van der Waals surface area (Å²) >= 11 is 3.63. The Kier molecular flexibility index (Phi) is 6.56. The Hall–Kier alpha value is -0.540. The predicted octanol–water partition coefficient (Wildman–Crippen LogP) is 4.96. The minimum atomic E-state index is 0.695. The third-order valence-corrected chi connectivity index (χ3v) is 5.20. The fraction of sp³-hybridized carbons (Fsp3) is 0.667. The van der Waals surface area contributed by atoms with E-state index in [1.54, 1.807) is 0 Å². The second kappa shape index (κ2) is 8.19. The SMILES string of the molecule is CCCNCc1ccc(Br)cc1N(C)C1CCC(C)CC1. The average Bonchev–Trinajstić information content (AvgIpc) is 2.49. The number of hydrogen-bond donors (Lipinski definition) is 1. The lowest BCUT2D eigenvalue weighted by molar-refractivity contribution is 0.340. The molecule has 0 aromatic heterocycles. The first-order valence-corrected chi connectivity index (χ1v) is 9.13. The van der Waals surface area contributed by atoms with Crippen molar-refractivity contribution in [2.24, 2.45) is 5.92 Å². The van der Waals surface area contributed by atoms with Gasteiger partial charge in [-0.1, -0.05) is 35.8 Å². The molecular weight excluding hydrogens is 324 g/mol. The third kappa shape index (κ3) is 4.72. The minimum absolute atomic E-state index is 0.695. The highest BCUT2D eigenvalue weighted by molar-refractivity contribution is 9.10. The Balaban J connectivity index is 2.10. The van der Waals surface area contributed by atoms with Crippen LogP contribution < -0.4 is 10.2 Å². The maximum absolute atomic E-state index is 3.63. The Bertz CT molecular complexity index is 439. The van der Waals surface area contributed by atoms with Gasteiger partial charge in [0.25, 0.3) is 0 Å². The largest absolute Gasteiger partial charge is 0.371 e. The van der Waals surface area contributed by atoms with Crippen molar-refractivity contribution >= 4 is 21.6 Å². The summed E-state index contributed by atoms with van der Waals surface area (Å²) in [5, 5.41) is 3.53. The molecule has 1 aromatic rings. The van der Waals surface area contributed by atoms with Crippen molar-refractivity contribution in [3.05, 3.63) is 28.2 Å². The fourth-order valence-electron chi connectivity index (χ4n) is 3.24. The van der Waals surface area contributed by atoms with Crippen molar-refractivity contribution in [1.82, 2.24) is 5.32 Å². The maximum atomic E-state index is 3.63. The van der Waals surface area contributed by atoms with E-state index in [1.165, 1.54) is 47.8 Å². The van der Waals surface area contributed by atoms with Gasteiger partial charge in [-0.15, -0.1) is 0 Å². The van der Waals surface area contributed by atoms with E-state index in [9.17, 15) is 0 Å². The second-order valence-corrected chi connectivity index (χ2v) is 7.39. The van der Waals surface area contributed by atoms with Gasteiger partial charge >= 0.3 is 0 Å². The third-order valence-electron chi connectivity index (χ3n) is 4.70. The first-order chi connectivity index (χ1) is 10.1. The molecule has 3 heteroatoms. The molecule has 21 heavy (non-hydrogen) atoms. The van der Waals surface area contributed by atoms with Crippen LogP contribution in [0.15, 0.2) is 22.7 Å². The number of nitrogens with zero attached hydrogens (tertiary/aromatic N) is 1. The molecule has 0 unspecified atom stereocenters. The normalized spacial score (nSPS) is 22.3. The van der Waals surface area contributed by atoms with Crippen LogP contribution in [0.4, 0.5) is 5.69 Å². The standard InChI is InChI=1S/C18H29BrN2/c1-4-11-20-13-15-7-8-16(19)12-18(15)21(3)17-9-5-14(2)6-10-17/h7-8,12,14,17,20H,4-6,9-11,13H2,1-3H3. The number of halogens is 1. The van der Waals surface area contributed by atoms with Gasteiger partial charge in [-0.3, -0.25) is 0 Å². The van der Waals surface area contributed by atoms with Crippen molar-refractivity contribution in [2.45, 2.75) is 58.5 Å². The Labute approximate surface area is 138 Å². The predicted molar refractivity (Wildman–Crippen MR) is 96.0 cm³/mol. The van der Waals surface area contributed by atoms with Crippen molar-refractivity contribution in [2.75, 3.05) is 18.5 Å². The first-order valence-electron chi connectivity index (χ1n) is 8.33. The molecule has 0 spiro atoms. The molecule has 1 aromatic carbocycles. The van der Waals surface area contributed by atoms with E-state index in [1.807, 2.05) is 0 Å². The van der Waals surface area contributed by atoms with Gasteiger partial charge in [0.2, 0.25) is 0 Å². The van der Waals surface area contributed by atoms with Crippen LogP contribution in [-0.4, -0.2) is 19.6 Å². The summed E-state index contributed by atoms with van der Waals surface area (Å²) in [6.45, 7) is 6.64. The van der Waals surface area contributed by atoms with Gasteiger partial charge in [0.1, 0.15) is 0 Å². The summed E-state index contributed by atoms with van der Waals surface area (Å²) in [6, 6.07) is 7.38. The Morgan fingerprint density at radius 1 is 1.24 bits per heavy atom. The van der Waals surface area contributed by atoms with Crippen LogP contribution in [0, 0.1) is 5.92 Å². The van der Waals surface area contributed by atoms with Crippen LogP contribution in [-0.2, 0) is 6.54 Å². The molecule has 1 aliphatic carbocycles. The number of anilines is 1. The van der Waals surface area contributed by atoms with Gasteiger partial charge in [-0.05, 0) is 62.3 Å². The fourth-order valence-corrected chi connectivity index (χ4v) is 3.59. The minimum Gasteiger partial charge on any atom is -0.371 e. The molecule has 0 radical (unpaired) electrons. The molecule has 1 saturated carbocycles. The van der Waals surface area contributed by atoms with Gasteiger partial charge in [0, 0.05) is 29.8 Å². The van der Waals surface area contributed by atoms with E-state index < -0.39 is 0 Å². The average molecular weight is 353 g/mol. The molecule has 2 nitrogen and oxygen atoms in total. The summed E-state index contributed by atoms with van der Waals surface area (Å²) in [7, 11) is 2.27. The zero-order valence-electron chi connectivity index (χ0n) is 13.7. The van der Waals surface area contributed by atoms with Crippen LogP contribution in [0.2, 0.25) is 0 Å². The molecule has 0 bridgehead atoms. The molecule has 0 atom stereocenters. The Morgan fingerprint density at radius 3 is 2.62 bits per heavy atom. The number of hydrogen-bond acceptors (Lipinski definition) is 2. The zero-order valence-corrected chi connectivity index (χ0v) is 15.2. The molecule has 1 aliphatic rings. The highest BCUT2D eigenvalue weighted by atomic mass is 79.9. The van der Waals surface area contributed by atoms with Crippen LogP contribution in [0.3, 0.4) is 0 Å². The quantitative estimate of drug-likeness (QED) is 0.727. The van der Waals surface area contributed by atoms with Gasteiger partial charge in [0.15, 0.2) is 0 Å². The van der Waals surface area contributed by atoms with E-state index in [0.717, 1.165) is 19.0 Å². The van der Waals surface area contributed by atoms with Gasteiger partial charge in [-0.2, -0.15) is 0 Å². The van der Waals surface area contributed by atoms with Crippen LogP contribution in [0.1, 0.15) is 51.5 Å². The van der Waals surface area contributed by atoms with Crippen molar-refractivity contribution in [3.63, 3.8) is 0 Å². The number of rotatable bonds is 6. The molecule has 1 fully saturated rings. The summed E-state index contributed by atoms with van der Waals surface area (Å²) in [6.07, 6.45) is 6.57. The number of benzene rings is 1. The maximum Gasteiger partial charge on any atom is 0.0423 e. The lowest BCUT2D eigenvalue weighted by Gasteiger charge is -2.36. The van der Waals surface area contributed by atoms with Crippen LogP contribution >= 0.6 is 15.9 Å². The highest BCUT2D eigenvalue weighted by Crippen LogP contribution is 2.32. The summed E-state index contributed by atoms with van der Waals surface area (Å²) in [5.74, 6) is 0.905.